The van der Waals surface area contributed by atoms with E-state index in [0.717, 1.165) is 14.5 Å². The second-order valence-corrected chi connectivity index (χ2v) is 5.13. The minimum Gasteiger partial charge on any atom is -0.193 e. The van der Waals surface area contributed by atoms with Crippen LogP contribution in [0.3, 0.4) is 0 Å². The van der Waals surface area contributed by atoms with Crippen LogP contribution in [0, 0.1) is 11.3 Å². The first-order valence-electron chi connectivity index (χ1n) is 4.33. The lowest BCUT2D eigenvalue weighted by molar-refractivity contribution is 1.16. The highest BCUT2D eigenvalue weighted by Crippen LogP contribution is 2.29. The van der Waals surface area contributed by atoms with E-state index in [1.165, 1.54) is 0 Å². The molecular formula is C11H8Br2ClN. The van der Waals surface area contributed by atoms with Gasteiger partial charge in [0.2, 0.25) is 0 Å². The maximum atomic E-state index is 8.88. The Balaban J connectivity index is 3.28. The van der Waals surface area contributed by atoms with Crippen LogP contribution >= 0.6 is 43.5 Å². The van der Waals surface area contributed by atoms with Gasteiger partial charge in [0.25, 0.3) is 0 Å². The van der Waals surface area contributed by atoms with Crippen LogP contribution in [-0.2, 0) is 0 Å². The molecule has 0 aromatic heterocycles. The highest BCUT2D eigenvalue weighted by atomic mass is 79.9. The van der Waals surface area contributed by atoms with E-state index in [1.54, 1.807) is 0 Å². The second kappa shape index (κ2) is 5.69. The number of nitriles is 1. The molecule has 0 saturated carbocycles. The van der Waals surface area contributed by atoms with E-state index in [2.05, 4.69) is 37.9 Å². The molecule has 0 saturated heterocycles. The quantitative estimate of drug-likeness (QED) is 0.682. The molecule has 0 heterocycles. The normalized spacial score (nSPS) is 11.9. The van der Waals surface area contributed by atoms with Crippen molar-refractivity contribution in [3.63, 3.8) is 0 Å². The largest absolute Gasteiger partial charge is 0.193 e. The highest BCUT2D eigenvalue weighted by Gasteiger charge is 2.06. The Labute approximate surface area is 111 Å². The Hall–Kier alpha value is -0.300. The third-order valence-corrected chi connectivity index (χ3v) is 3.23. The van der Waals surface area contributed by atoms with Crippen LogP contribution < -0.4 is 0 Å². The Kier molecular flexibility index (Phi) is 4.85. The number of halogens is 3. The summed E-state index contributed by atoms with van der Waals surface area (Å²) in [6.45, 7) is 1.91. The standard InChI is InChI=1S/C11H8Br2ClN/c1-2-7(6-15)11(14)8-3-9(12)5-10(13)4-8/h3-5H,2H2,1H3/b11-7-. The summed E-state index contributed by atoms with van der Waals surface area (Å²) in [7, 11) is 0. The number of allylic oxidation sites excluding steroid dienone is 1. The lowest BCUT2D eigenvalue weighted by Crippen LogP contribution is -1.84. The fourth-order valence-electron chi connectivity index (χ4n) is 1.14. The Morgan fingerprint density at radius 1 is 1.33 bits per heavy atom. The summed E-state index contributed by atoms with van der Waals surface area (Å²) in [6.07, 6.45) is 0.638. The monoisotopic (exact) mass is 347 g/mol. The second-order valence-electron chi connectivity index (χ2n) is 2.92. The number of rotatable bonds is 2. The first-order valence-corrected chi connectivity index (χ1v) is 6.30. The van der Waals surface area contributed by atoms with Crippen molar-refractivity contribution in [2.45, 2.75) is 13.3 Å². The van der Waals surface area contributed by atoms with Crippen molar-refractivity contribution in [3.8, 4) is 6.07 Å². The first-order chi connectivity index (χ1) is 7.08. The summed E-state index contributed by atoms with van der Waals surface area (Å²) in [5, 5.41) is 9.40. The van der Waals surface area contributed by atoms with Gasteiger partial charge in [0.05, 0.1) is 11.1 Å². The van der Waals surface area contributed by atoms with Gasteiger partial charge in [-0.1, -0.05) is 50.4 Å². The van der Waals surface area contributed by atoms with Crippen LogP contribution in [0.4, 0.5) is 0 Å². The molecule has 0 amide bonds. The summed E-state index contributed by atoms with van der Waals surface area (Å²) in [5.74, 6) is 0. The van der Waals surface area contributed by atoms with E-state index in [-0.39, 0.29) is 0 Å². The van der Waals surface area contributed by atoms with E-state index >= 15 is 0 Å². The van der Waals surface area contributed by atoms with Crippen LogP contribution in [-0.4, -0.2) is 0 Å². The average Bonchev–Trinajstić information content (AvgIpc) is 2.18. The molecule has 0 aliphatic rings. The zero-order chi connectivity index (χ0) is 11.4. The fraction of sp³-hybridized carbons (Fsp3) is 0.182. The molecule has 0 fully saturated rings. The molecule has 1 aromatic rings. The molecule has 0 aliphatic carbocycles. The first kappa shape index (κ1) is 12.8. The van der Waals surface area contributed by atoms with Crippen LogP contribution in [0.1, 0.15) is 18.9 Å². The van der Waals surface area contributed by atoms with Gasteiger partial charge in [-0.3, -0.25) is 0 Å². The van der Waals surface area contributed by atoms with E-state index in [1.807, 2.05) is 25.1 Å². The zero-order valence-corrected chi connectivity index (χ0v) is 11.9. The smallest absolute Gasteiger partial charge is 0.0962 e. The minimum atomic E-state index is 0.516. The number of hydrogen-bond acceptors (Lipinski definition) is 1. The molecule has 0 aliphatic heterocycles. The molecule has 1 rings (SSSR count). The van der Waals surface area contributed by atoms with E-state index in [4.69, 9.17) is 16.9 Å². The molecule has 0 N–H and O–H groups in total. The van der Waals surface area contributed by atoms with E-state index in [0.29, 0.717) is 17.0 Å². The third-order valence-electron chi connectivity index (χ3n) is 1.87. The fourth-order valence-corrected chi connectivity index (χ4v) is 2.72. The van der Waals surface area contributed by atoms with Crippen molar-refractivity contribution in [1.82, 2.24) is 0 Å². The predicted octanol–water partition coefficient (Wildman–Crippen LogP) is 5.10. The molecule has 0 atom stereocenters. The van der Waals surface area contributed by atoms with Gasteiger partial charge in [0, 0.05) is 14.5 Å². The summed E-state index contributed by atoms with van der Waals surface area (Å²) >= 11 is 12.9. The van der Waals surface area contributed by atoms with Gasteiger partial charge in [0.15, 0.2) is 0 Å². The number of benzene rings is 1. The van der Waals surface area contributed by atoms with Gasteiger partial charge in [-0.25, -0.2) is 0 Å². The summed E-state index contributed by atoms with van der Waals surface area (Å²) in [6, 6.07) is 7.81. The molecule has 4 heteroatoms. The van der Waals surface area contributed by atoms with Gasteiger partial charge in [-0.15, -0.1) is 0 Å². The number of nitrogens with zero attached hydrogens (tertiary/aromatic N) is 1. The molecule has 15 heavy (non-hydrogen) atoms. The van der Waals surface area contributed by atoms with Crippen molar-refractivity contribution >= 4 is 48.5 Å². The molecule has 1 nitrogen and oxygen atoms in total. The molecule has 1 aromatic carbocycles. The van der Waals surface area contributed by atoms with Gasteiger partial charge in [0.1, 0.15) is 0 Å². The number of hydrogen-bond donors (Lipinski definition) is 0. The molecule has 0 spiro atoms. The third kappa shape index (κ3) is 3.34. The molecular weight excluding hydrogens is 341 g/mol. The van der Waals surface area contributed by atoms with Gasteiger partial charge in [-0.05, 0) is 30.2 Å². The van der Waals surface area contributed by atoms with Crippen LogP contribution in [0.25, 0.3) is 5.03 Å². The summed E-state index contributed by atoms with van der Waals surface area (Å²) in [4.78, 5) is 0. The summed E-state index contributed by atoms with van der Waals surface area (Å²) in [5.41, 5.74) is 1.44. The van der Waals surface area contributed by atoms with Crippen molar-refractivity contribution < 1.29 is 0 Å². The van der Waals surface area contributed by atoms with Gasteiger partial charge in [-0.2, -0.15) is 5.26 Å². The lowest BCUT2D eigenvalue weighted by atomic mass is 10.1. The van der Waals surface area contributed by atoms with Crippen molar-refractivity contribution in [1.29, 1.82) is 5.26 Å². The maximum absolute atomic E-state index is 8.88. The molecule has 0 radical (unpaired) electrons. The van der Waals surface area contributed by atoms with Crippen LogP contribution in [0.2, 0.25) is 0 Å². The molecule has 78 valence electrons. The minimum absolute atomic E-state index is 0.516. The molecule has 0 bridgehead atoms. The van der Waals surface area contributed by atoms with E-state index in [9.17, 15) is 0 Å². The lowest BCUT2D eigenvalue weighted by Gasteiger charge is -2.04. The Morgan fingerprint density at radius 3 is 2.27 bits per heavy atom. The topological polar surface area (TPSA) is 23.8 Å². The van der Waals surface area contributed by atoms with E-state index < -0.39 is 0 Å². The zero-order valence-electron chi connectivity index (χ0n) is 8.02. The Bertz CT molecular complexity index is 426. The Morgan fingerprint density at radius 2 is 1.87 bits per heavy atom. The van der Waals surface area contributed by atoms with Crippen molar-refractivity contribution in [2.24, 2.45) is 0 Å². The van der Waals surface area contributed by atoms with Gasteiger partial charge >= 0.3 is 0 Å². The predicted molar refractivity (Wildman–Crippen MR) is 70.5 cm³/mol. The van der Waals surface area contributed by atoms with Gasteiger partial charge < -0.3 is 0 Å². The average molecular weight is 349 g/mol. The molecule has 0 unspecified atom stereocenters. The summed E-state index contributed by atoms with van der Waals surface area (Å²) < 4.78 is 1.86. The van der Waals surface area contributed by atoms with Crippen molar-refractivity contribution in [2.75, 3.05) is 0 Å². The van der Waals surface area contributed by atoms with Crippen LogP contribution in [0.15, 0.2) is 32.7 Å². The maximum Gasteiger partial charge on any atom is 0.0962 e. The van der Waals surface area contributed by atoms with Crippen LogP contribution in [0.5, 0.6) is 0 Å². The van der Waals surface area contributed by atoms with Crippen molar-refractivity contribution in [3.05, 3.63) is 38.3 Å². The SMILES string of the molecule is CC/C(C#N)=C(/Cl)c1cc(Br)cc(Br)c1. The highest BCUT2D eigenvalue weighted by molar-refractivity contribution is 9.11.